The largest absolute Gasteiger partial charge is 0.483 e. The maximum Gasteiger partial charge on any atom is 0.350 e. The molecule has 2 heterocycles. The van der Waals surface area contributed by atoms with Crippen molar-refractivity contribution in [1.82, 2.24) is 0 Å². The molecule has 128 valence electrons. The third-order valence-electron chi connectivity index (χ3n) is 3.33. The van der Waals surface area contributed by atoms with E-state index in [9.17, 15) is 14.0 Å². The second-order valence-electron chi connectivity index (χ2n) is 5.80. The average Bonchev–Trinajstić information content (AvgIpc) is 2.42. The van der Waals surface area contributed by atoms with Crippen molar-refractivity contribution in [3.63, 3.8) is 0 Å². The van der Waals surface area contributed by atoms with Crippen molar-refractivity contribution in [2.75, 3.05) is 18.5 Å². The number of nitrogens with one attached hydrogen (secondary N) is 1. The van der Waals surface area contributed by atoms with Crippen molar-refractivity contribution in [2.45, 2.75) is 25.7 Å². The molecule has 7 nitrogen and oxygen atoms in total. The second-order valence-corrected chi connectivity index (χ2v) is 5.80. The molecule has 1 N–H and O–H groups in total. The highest BCUT2D eigenvalue weighted by atomic mass is 19.1. The second kappa shape index (κ2) is 6.12. The lowest BCUT2D eigenvalue weighted by Crippen LogP contribution is -2.42. The van der Waals surface area contributed by atoms with Crippen LogP contribution in [0.4, 0.5) is 10.1 Å². The van der Waals surface area contributed by atoms with Gasteiger partial charge in [-0.05, 0) is 12.1 Å². The Bertz CT molecular complexity index is 689. The average molecular weight is 337 g/mol. The summed E-state index contributed by atoms with van der Waals surface area (Å²) in [5, 5.41) is 2.70. The fraction of sp³-hybridized carbons (Fsp3) is 0.375. The minimum absolute atomic E-state index is 0.117. The molecule has 2 saturated heterocycles. The molecule has 0 unspecified atom stereocenters. The van der Waals surface area contributed by atoms with Crippen molar-refractivity contribution in [2.24, 2.45) is 0 Å². The zero-order chi connectivity index (χ0) is 17.3. The fourth-order valence-electron chi connectivity index (χ4n) is 2.11. The highest BCUT2D eigenvalue weighted by Crippen LogP contribution is 2.29. The zero-order valence-electron chi connectivity index (χ0n) is 13.1. The van der Waals surface area contributed by atoms with E-state index in [1.807, 2.05) is 0 Å². The first-order valence-corrected chi connectivity index (χ1v) is 7.31. The molecule has 0 saturated carbocycles. The molecule has 0 spiro atoms. The molecule has 1 aromatic carbocycles. The van der Waals surface area contributed by atoms with E-state index in [1.165, 1.54) is 32.0 Å². The molecular formula is C16H16FNO6. The molecular weight excluding hydrogens is 321 g/mol. The zero-order valence-corrected chi connectivity index (χ0v) is 13.1. The summed E-state index contributed by atoms with van der Waals surface area (Å²) in [6, 6.07) is 3.89. The first kappa shape index (κ1) is 16.3. The number of anilines is 1. The number of ether oxygens (including phenoxy) is 4. The van der Waals surface area contributed by atoms with E-state index in [1.54, 1.807) is 0 Å². The lowest BCUT2D eigenvalue weighted by molar-refractivity contribution is -0.222. The lowest BCUT2D eigenvalue weighted by atomic mass is 10.2. The van der Waals surface area contributed by atoms with Crippen molar-refractivity contribution in [1.29, 1.82) is 0 Å². The summed E-state index contributed by atoms with van der Waals surface area (Å²) in [7, 11) is 0. The van der Waals surface area contributed by atoms with Gasteiger partial charge in [0.1, 0.15) is 17.7 Å². The molecule has 2 aliphatic heterocycles. The van der Waals surface area contributed by atoms with Crippen molar-refractivity contribution in [3.05, 3.63) is 35.8 Å². The minimum atomic E-state index is -1.32. The summed E-state index contributed by atoms with van der Waals surface area (Å²) >= 11 is 0. The summed E-state index contributed by atoms with van der Waals surface area (Å²) in [6.07, 6.45) is 0.993. The maximum atomic E-state index is 13.5. The summed E-state index contributed by atoms with van der Waals surface area (Å²) in [5.74, 6) is -3.09. The van der Waals surface area contributed by atoms with Crippen LogP contribution in [-0.4, -0.2) is 37.0 Å². The molecule has 0 aromatic heterocycles. The van der Waals surface area contributed by atoms with Crippen LogP contribution in [0.15, 0.2) is 30.0 Å². The Morgan fingerprint density at radius 3 is 2.50 bits per heavy atom. The van der Waals surface area contributed by atoms with Gasteiger partial charge in [-0.25, -0.2) is 14.0 Å². The standard InChI is InChI=1S/C16H16FNO6/c1-16(2)23-14(19)11(15(20)24-16)6-18-12-5-9(17)3-4-13(12)22-10-7-21-8-10/h3-6,10,18H,7-8H2,1-2H3. The third kappa shape index (κ3) is 3.48. The molecule has 1 aromatic rings. The SMILES string of the molecule is CC1(C)OC(=O)C(=CNc2cc(F)ccc2OC2COC2)C(=O)O1. The van der Waals surface area contributed by atoms with Crippen LogP contribution >= 0.6 is 0 Å². The lowest BCUT2D eigenvalue weighted by Gasteiger charge is -2.30. The number of benzene rings is 1. The monoisotopic (exact) mass is 337 g/mol. The Morgan fingerprint density at radius 2 is 1.92 bits per heavy atom. The Kier molecular flexibility index (Phi) is 4.15. The quantitative estimate of drug-likeness (QED) is 0.509. The molecule has 0 amide bonds. The van der Waals surface area contributed by atoms with Gasteiger partial charge in [-0.2, -0.15) is 0 Å². The number of cyclic esters (lactones) is 2. The smallest absolute Gasteiger partial charge is 0.350 e. The Balaban J connectivity index is 1.79. The predicted octanol–water partition coefficient (Wildman–Crippen LogP) is 1.74. The number of hydrogen-bond donors (Lipinski definition) is 1. The van der Waals surface area contributed by atoms with E-state index in [0.29, 0.717) is 19.0 Å². The highest BCUT2D eigenvalue weighted by molar-refractivity contribution is 6.15. The van der Waals surface area contributed by atoms with E-state index in [-0.39, 0.29) is 17.4 Å². The number of carbonyl (C=O) groups is 2. The minimum Gasteiger partial charge on any atom is -0.483 e. The predicted molar refractivity (Wildman–Crippen MR) is 79.6 cm³/mol. The van der Waals surface area contributed by atoms with E-state index in [0.717, 1.165) is 6.20 Å². The first-order valence-electron chi connectivity index (χ1n) is 7.31. The molecule has 2 aliphatic rings. The summed E-state index contributed by atoms with van der Waals surface area (Å²) in [5.41, 5.74) is -0.0589. The van der Waals surface area contributed by atoms with Crippen LogP contribution in [0.25, 0.3) is 0 Å². The van der Waals surface area contributed by atoms with Crippen LogP contribution in [-0.2, 0) is 23.8 Å². The molecule has 0 aliphatic carbocycles. The number of halogens is 1. The van der Waals surface area contributed by atoms with Crippen LogP contribution in [0, 0.1) is 5.82 Å². The van der Waals surface area contributed by atoms with Crippen LogP contribution in [0.3, 0.4) is 0 Å². The van der Waals surface area contributed by atoms with Gasteiger partial charge in [0.15, 0.2) is 5.57 Å². The Labute approximate surface area is 137 Å². The number of esters is 2. The summed E-state index contributed by atoms with van der Waals surface area (Å²) in [4.78, 5) is 23.7. The summed E-state index contributed by atoms with van der Waals surface area (Å²) < 4.78 is 34.1. The van der Waals surface area contributed by atoms with Gasteiger partial charge < -0.3 is 24.3 Å². The van der Waals surface area contributed by atoms with E-state index >= 15 is 0 Å². The van der Waals surface area contributed by atoms with Gasteiger partial charge in [-0.3, -0.25) is 0 Å². The normalized spacial score (nSPS) is 19.9. The highest BCUT2D eigenvalue weighted by Gasteiger charge is 2.39. The van der Waals surface area contributed by atoms with E-state index < -0.39 is 23.5 Å². The summed E-state index contributed by atoms with van der Waals surface area (Å²) in [6.45, 7) is 3.80. The van der Waals surface area contributed by atoms with Gasteiger partial charge in [0.2, 0.25) is 0 Å². The number of rotatable bonds is 4. The van der Waals surface area contributed by atoms with Crippen LogP contribution < -0.4 is 10.1 Å². The Morgan fingerprint density at radius 1 is 1.25 bits per heavy atom. The third-order valence-corrected chi connectivity index (χ3v) is 3.33. The van der Waals surface area contributed by atoms with Crippen LogP contribution in [0.2, 0.25) is 0 Å². The van der Waals surface area contributed by atoms with Gasteiger partial charge in [0.25, 0.3) is 5.79 Å². The fourth-order valence-corrected chi connectivity index (χ4v) is 2.11. The molecule has 0 bridgehead atoms. The first-order chi connectivity index (χ1) is 11.3. The van der Waals surface area contributed by atoms with Crippen molar-refractivity contribution in [3.8, 4) is 5.75 Å². The van der Waals surface area contributed by atoms with Crippen LogP contribution in [0.1, 0.15) is 13.8 Å². The van der Waals surface area contributed by atoms with Crippen molar-refractivity contribution < 1.29 is 32.9 Å². The van der Waals surface area contributed by atoms with Gasteiger partial charge in [0.05, 0.1) is 18.9 Å². The number of carbonyl (C=O) groups excluding carboxylic acids is 2. The maximum absolute atomic E-state index is 13.5. The number of hydrogen-bond acceptors (Lipinski definition) is 7. The van der Waals surface area contributed by atoms with Crippen molar-refractivity contribution >= 4 is 17.6 Å². The molecule has 3 rings (SSSR count). The van der Waals surface area contributed by atoms with E-state index in [2.05, 4.69) is 5.32 Å². The molecule has 0 radical (unpaired) electrons. The van der Waals surface area contributed by atoms with Gasteiger partial charge in [0, 0.05) is 26.1 Å². The molecule has 8 heteroatoms. The van der Waals surface area contributed by atoms with Gasteiger partial charge >= 0.3 is 11.9 Å². The molecule has 0 atom stereocenters. The van der Waals surface area contributed by atoms with Crippen LogP contribution in [0.5, 0.6) is 5.75 Å². The van der Waals surface area contributed by atoms with Gasteiger partial charge in [-0.15, -0.1) is 0 Å². The molecule has 24 heavy (non-hydrogen) atoms. The Hall–Kier alpha value is -2.61. The topological polar surface area (TPSA) is 83.1 Å². The van der Waals surface area contributed by atoms with E-state index in [4.69, 9.17) is 18.9 Å². The molecule has 2 fully saturated rings. The van der Waals surface area contributed by atoms with Gasteiger partial charge in [-0.1, -0.05) is 0 Å².